The Balaban J connectivity index is 2.00. The van der Waals surface area contributed by atoms with Crippen molar-refractivity contribution in [1.82, 2.24) is 20.4 Å². The Labute approximate surface area is 180 Å². The summed E-state index contributed by atoms with van der Waals surface area (Å²) in [5, 5.41) is 11.5. The Kier molecular flexibility index (Phi) is 9.67. The number of nitrogens with one attached hydrogen (secondary N) is 2. The molecule has 1 aromatic carbocycles. The van der Waals surface area contributed by atoms with Crippen LogP contribution in [0.3, 0.4) is 0 Å². The molecule has 166 valence electrons. The second-order valence-corrected chi connectivity index (χ2v) is 7.14. The zero-order valence-corrected chi connectivity index (χ0v) is 19.3. The molecule has 0 bridgehead atoms. The number of nitrogens with zero attached hydrogens (tertiary/aromatic N) is 3. The minimum atomic E-state index is 0.540. The molecule has 0 aliphatic heterocycles. The Morgan fingerprint density at radius 3 is 2.53 bits per heavy atom. The maximum Gasteiger partial charge on any atom is 0.191 e. The number of aryl methyl sites for hydroxylation is 3. The normalized spacial score (nSPS) is 11.6. The van der Waals surface area contributed by atoms with Crippen LogP contribution in [0.4, 0.5) is 0 Å². The quantitative estimate of drug-likeness (QED) is 0.335. The first kappa shape index (κ1) is 23.7. The highest BCUT2D eigenvalue weighted by Gasteiger charge is 2.14. The molecular weight excluding hydrogens is 378 g/mol. The van der Waals surface area contributed by atoms with Crippen LogP contribution in [0, 0.1) is 6.92 Å². The Bertz CT molecular complexity index is 829. The van der Waals surface area contributed by atoms with Crippen LogP contribution < -0.4 is 15.4 Å². The molecule has 30 heavy (non-hydrogen) atoms. The molecule has 0 radical (unpaired) electrons. The van der Waals surface area contributed by atoms with Gasteiger partial charge in [0.1, 0.15) is 12.4 Å². The average molecular weight is 416 g/mol. The highest BCUT2D eigenvalue weighted by atomic mass is 16.5. The van der Waals surface area contributed by atoms with Gasteiger partial charge in [0.05, 0.1) is 12.3 Å². The minimum Gasteiger partial charge on any atom is -0.491 e. The van der Waals surface area contributed by atoms with Gasteiger partial charge in [0.2, 0.25) is 0 Å². The van der Waals surface area contributed by atoms with Crippen molar-refractivity contribution in [2.24, 2.45) is 12.0 Å². The van der Waals surface area contributed by atoms with Gasteiger partial charge in [0, 0.05) is 50.6 Å². The number of benzene rings is 1. The second kappa shape index (κ2) is 12.2. The molecule has 2 aromatic rings. The summed E-state index contributed by atoms with van der Waals surface area (Å²) in [4.78, 5) is 4.38. The molecule has 0 aliphatic rings. The van der Waals surface area contributed by atoms with E-state index in [9.17, 15) is 0 Å². The van der Waals surface area contributed by atoms with E-state index in [1.807, 2.05) is 18.7 Å². The molecule has 2 N–H and O–H groups in total. The fourth-order valence-corrected chi connectivity index (χ4v) is 3.46. The summed E-state index contributed by atoms with van der Waals surface area (Å²) in [7, 11) is 3.80. The highest BCUT2D eigenvalue weighted by Crippen LogP contribution is 2.20. The predicted octanol–water partition coefficient (Wildman–Crippen LogP) is 3.13. The number of hydrogen-bond acceptors (Lipinski definition) is 4. The van der Waals surface area contributed by atoms with Crippen molar-refractivity contribution in [2.45, 2.75) is 53.6 Å². The van der Waals surface area contributed by atoms with Gasteiger partial charge < -0.3 is 20.1 Å². The Morgan fingerprint density at radius 2 is 1.87 bits per heavy atom. The monoisotopic (exact) mass is 415 g/mol. The summed E-state index contributed by atoms with van der Waals surface area (Å²) in [6.45, 7) is 11.5. The lowest BCUT2D eigenvalue weighted by Gasteiger charge is -2.16. The van der Waals surface area contributed by atoms with Crippen LogP contribution in [-0.4, -0.2) is 42.6 Å². The van der Waals surface area contributed by atoms with Crippen LogP contribution in [0.2, 0.25) is 0 Å². The summed E-state index contributed by atoms with van der Waals surface area (Å²) >= 11 is 0. The average Bonchev–Trinajstić information content (AvgIpc) is 3.06. The van der Waals surface area contributed by atoms with E-state index in [0.29, 0.717) is 32.9 Å². The van der Waals surface area contributed by atoms with E-state index in [2.05, 4.69) is 59.7 Å². The van der Waals surface area contributed by atoms with Crippen LogP contribution in [0.1, 0.15) is 48.8 Å². The summed E-state index contributed by atoms with van der Waals surface area (Å²) < 4.78 is 13.3. The van der Waals surface area contributed by atoms with Gasteiger partial charge >= 0.3 is 0 Å². The maximum atomic E-state index is 5.94. The second-order valence-electron chi connectivity index (χ2n) is 7.14. The molecule has 0 amide bonds. The van der Waals surface area contributed by atoms with Gasteiger partial charge in [-0.25, -0.2) is 0 Å². The van der Waals surface area contributed by atoms with E-state index in [4.69, 9.17) is 9.47 Å². The lowest BCUT2D eigenvalue weighted by atomic mass is 10.1. The van der Waals surface area contributed by atoms with Crippen LogP contribution in [0.15, 0.2) is 23.2 Å². The molecule has 2 rings (SSSR count). The molecule has 7 nitrogen and oxygen atoms in total. The summed E-state index contributed by atoms with van der Waals surface area (Å²) in [6, 6.07) is 6.26. The van der Waals surface area contributed by atoms with Crippen LogP contribution in [0.5, 0.6) is 5.75 Å². The van der Waals surface area contributed by atoms with Gasteiger partial charge in [0.15, 0.2) is 5.96 Å². The molecule has 0 spiro atoms. The van der Waals surface area contributed by atoms with Crippen molar-refractivity contribution in [3.8, 4) is 5.75 Å². The summed E-state index contributed by atoms with van der Waals surface area (Å²) in [6.07, 6.45) is 1.88. The summed E-state index contributed by atoms with van der Waals surface area (Å²) in [5.74, 6) is 1.63. The van der Waals surface area contributed by atoms with Gasteiger partial charge in [-0.15, -0.1) is 0 Å². The molecular formula is C23H37N5O2. The summed E-state index contributed by atoms with van der Waals surface area (Å²) in [5.41, 5.74) is 5.92. The molecule has 1 aromatic heterocycles. The zero-order valence-electron chi connectivity index (χ0n) is 19.3. The van der Waals surface area contributed by atoms with Gasteiger partial charge in [-0.1, -0.05) is 26.0 Å². The van der Waals surface area contributed by atoms with E-state index in [1.165, 1.54) is 16.8 Å². The maximum absolute atomic E-state index is 5.94. The molecule has 1 heterocycles. The fraction of sp³-hybridized carbons (Fsp3) is 0.565. The van der Waals surface area contributed by atoms with Gasteiger partial charge in [-0.3, -0.25) is 9.67 Å². The third-order valence-electron chi connectivity index (χ3n) is 5.04. The van der Waals surface area contributed by atoms with E-state index in [-0.39, 0.29) is 0 Å². The van der Waals surface area contributed by atoms with Crippen LogP contribution in [0.25, 0.3) is 0 Å². The molecule has 0 saturated heterocycles. The number of ether oxygens (including phenoxy) is 2. The van der Waals surface area contributed by atoms with Gasteiger partial charge in [0.25, 0.3) is 0 Å². The number of hydrogen-bond donors (Lipinski definition) is 2. The standard InChI is InChI=1S/C23H37N5O2/c1-7-20-19(21(8-2)28(6)27-20)16-26-23(24-5)25-15-18-11-10-17(4)14-22(18)30-13-12-29-9-3/h10-11,14H,7-9,12-13,15-16H2,1-6H3,(H2,24,25,26). The third-order valence-corrected chi connectivity index (χ3v) is 5.04. The smallest absolute Gasteiger partial charge is 0.191 e. The SMILES string of the molecule is CCOCCOc1cc(C)ccc1CNC(=NC)NCc1c(CC)nn(C)c1CC. The van der Waals surface area contributed by atoms with Crippen molar-refractivity contribution < 1.29 is 9.47 Å². The fourth-order valence-electron chi connectivity index (χ4n) is 3.46. The van der Waals surface area contributed by atoms with Gasteiger partial charge in [-0.05, 0) is 38.3 Å². The molecule has 7 heteroatoms. The third kappa shape index (κ3) is 6.49. The van der Waals surface area contributed by atoms with Crippen molar-refractivity contribution in [3.05, 3.63) is 46.3 Å². The first-order valence-electron chi connectivity index (χ1n) is 10.8. The Morgan fingerprint density at radius 1 is 1.10 bits per heavy atom. The van der Waals surface area contributed by atoms with E-state index in [1.54, 1.807) is 7.05 Å². The van der Waals surface area contributed by atoms with E-state index in [0.717, 1.165) is 35.8 Å². The minimum absolute atomic E-state index is 0.540. The zero-order chi connectivity index (χ0) is 21.9. The first-order chi connectivity index (χ1) is 14.5. The topological polar surface area (TPSA) is 72.7 Å². The van der Waals surface area contributed by atoms with E-state index >= 15 is 0 Å². The lowest BCUT2D eigenvalue weighted by Crippen LogP contribution is -2.36. The van der Waals surface area contributed by atoms with Gasteiger partial charge in [-0.2, -0.15) is 5.10 Å². The van der Waals surface area contributed by atoms with Crippen LogP contribution in [-0.2, 0) is 37.7 Å². The van der Waals surface area contributed by atoms with Crippen molar-refractivity contribution >= 4 is 5.96 Å². The number of aliphatic imine (C=N–C) groups is 1. The predicted molar refractivity (Wildman–Crippen MR) is 122 cm³/mol. The van der Waals surface area contributed by atoms with Crippen molar-refractivity contribution in [1.29, 1.82) is 0 Å². The number of guanidine groups is 1. The van der Waals surface area contributed by atoms with Crippen molar-refractivity contribution in [3.63, 3.8) is 0 Å². The van der Waals surface area contributed by atoms with Crippen molar-refractivity contribution in [2.75, 3.05) is 26.9 Å². The lowest BCUT2D eigenvalue weighted by molar-refractivity contribution is 0.110. The number of aromatic nitrogens is 2. The Hall–Kier alpha value is -2.54. The molecule has 0 unspecified atom stereocenters. The highest BCUT2D eigenvalue weighted by molar-refractivity contribution is 5.79. The molecule has 0 saturated carbocycles. The number of rotatable bonds is 11. The largest absolute Gasteiger partial charge is 0.491 e. The molecule has 0 fully saturated rings. The molecule has 0 atom stereocenters. The van der Waals surface area contributed by atoms with E-state index < -0.39 is 0 Å². The molecule has 0 aliphatic carbocycles. The first-order valence-corrected chi connectivity index (χ1v) is 10.8. The van der Waals surface area contributed by atoms with Crippen LogP contribution >= 0.6 is 0 Å².